The lowest BCUT2D eigenvalue weighted by molar-refractivity contribution is -0.125. The van der Waals surface area contributed by atoms with Gasteiger partial charge in [0.25, 0.3) is 0 Å². The van der Waals surface area contributed by atoms with Gasteiger partial charge >= 0.3 is 0 Å². The van der Waals surface area contributed by atoms with Crippen LogP contribution >= 0.6 is 0 Å². The molecule has 0 atom stereocenters. The molecule has 1 heterocycles. The summed E-state index contributed by atoms with van der Waals surface area (Å²) in [6.07, 6.45) is -0.318. The van der Waals surface area contributed by atoms with Gasteiger partial charge in [-0.05, 0) is 0 Å². The first-order valence-electron chi connectivity index (χ1n) is 6.58. The van der Waals surface area contributed by atoms with Crippen molar-refractivity contribution < 1.29 is 33.3 Å². The van der Waals surface area contributed by atoms with Gasteiger partial charge in [-0.3, -0.25) is 4.79 Å². The van der Waals surface area contributed by atoms with E-state index in [0.29, 0.717) is 13.2 Å². The highest BCUT2D eigenvalue weighted by Crippen LogP contribution is 2.08. The highest BCUT2D eigenvalue weighted by Gasteiger charge is 2.31. The molecule has 0 saturated carbocycles. The van der Waals surface area contributed by atoms with E-state index < -0.39 is 41.3 Å². The van der Waals surface area contributed by atoms with Crippen LogP contribution in [0.1, 0.15) is 6.42 Å². The number of aliphatic hydroxyl groups is 3. The smallest absolute Gasteiger partial charge is 0.221 e. The molecule has 10 heteroatoms. The maximum atomic E-state index is 12.0. The Morgan fingerprint density at radius 2 is 1.67 bits per heavy atom. The fourth-order valence-corrected chi connectivity index (χ4v) is 3.21. The van der Waals surface area contributed by atoms with Crippen LogP contribution in [-0.2, 0) is 19.6 Å². The molecule has 0 aliphatic carbocycles. The minimum absolute atomic E-state index is 0.262. The third kappa shape index (κ3) is 5.16. The Labute approximate surface area is 123 Å². The number of rotatable bonds is 8. The molecule has 0 aromatic rings. The van der Waals surface area contributed by atoms with Gasteiger partial charge in [0.15, 0.2) is 0 Å². The fourth-order valence-electron chi connectivity index (χ4n) is 1.80. The van der Waals surface area contributed by atoms with Crippen LogP contribution in [0.15, 0.2) is 0 Å². The van der Waals surface area contributed by atoms with Gasteiger partial charge < -0.3 is 25.4 Å². The zero-order chi connectivity index (χ0) is 15.9. The third-order valence-corrected chi connectivity index (χ3v) is 5.14. The molecule has 0 radical (unpaired) electrons. The van der Waals surface area contributed by atoms with Crippen LogP contribution < -0.4 is 5.32 Å². The molecule has 0 aromatic carbocycles. The fraction of sp³-hybridized carbons (Fsp3) is 0.909. The zero-order valence-corrected chi connectivity index (χ0v) is 12.5. The van der Waals surface area contributed by atoms with Gasteiger partial charge in [-0.1, -0.05) is 0 Å². The number of sulfonamides is 1. The van der Waals surface area contributed by atoms with E-state index in [1.807, 2.05) is 0 Å². The van der Waals surface area contributed by atoms with Crippen LogP contribution in [0.4, 0.5) is 0 Å². The molecular formula is C11H22N2O7S. The highest BCUT2D eigenvalue weighted by atomic mass is 32.2. The molecule has 124 valence electrons. The van der Waals surface area contributed by atoms with E-state index in [1.165, 1.54) is 4.31 Å². The van der Waals surface area contributed by atoms with Crippen molar-refractivity contribution in [2.24, 2.45) is 0 Å². The zero-order valence-electron chi connectivity index (χ0n) is 11.7. The van der Waals surface area contributed by atoms with Crippen molar-refractivity contribution >= 4 is 15.9 Å². The van der Waals surface area contributed by atoms with E-state index in [0.717, 1.165) is 0 Å². The predicted octanol–water partition coefficient (Wildman–Crippen LogP) is -3.13. The third-order valence-electron chi connectivity index (χ3n) is 3.26. The molecule has 1 fully saturated rings. The highest BCUT2D eigenvalue weighted by molar-refractivity contribution is 7.89. The Bertz CT molecular complexity index is 422. The summed E-state index contributed by atoms with van der Waals surface area (Å²) in [5, 5.41) is 29.5. The predicted molar refractivity (Wildman–Crippen MR) is 72.9 cm³/mol. The first-order valence-corrected chi connectivity index (χ1v) is 8.19. The summed E-state index contributed by atoms with van der Waals surface area (Å²) in [5.74, 6) is -1.04. The lowest BCUT2D eigenvalue weighted by Crippen LogP contribution is -2.57. The van der Waals surface area contributed by atoms with E-state index in [2.05, 4.69) is 5.32 Å². The lowest BCUT2D eigenvalue weighted by atomic mass is 10.0. The van der Waals surface area contributed by atoms with Crippen molar-refractivity contribution in [2.45, 2.75) is 12.0 Å². The number of hydrogen-bond acceptors (Lipinski definition) is 7. The van der Waals surface area contributed by atoms with E-state index in [9.17, 15) is 13.2 Å². The number of aliphatic hydroxyl groups excluding tert-OH is 3. The van der Waals surface area contributed by atoms with E-state index in [4.69, 9.17) is 20.1 Å². The summed E-state index contributed by atoms with van der Waals surface area (Å²) in [6.45, 7) is -0.774. The molecule has 1 rings (SSSR count). The van der Waals surface area contributed by atoms with E-state index in [1.54, 1.807) is 0 Å². The molecule has 1 amide bonds. The largest absolute Gasteiger partial charge is 0.394 e. The summed E-state index contributed by atoms with van der Waals surface area (Å²) < 4.78 is 30.3. The molecule has 0 aromatic heterocycles. The van der Waals surface area contributed by atoms with Gasteiger partial charge in [-0.25, -0.2) is 8.42 Å². The van der Waals surface area contributed by atoms with Crippen molar-refractivity contribution in [1.29, 1.82) is 0 Å². The second-order valence-electron chi connectivity index (χ2n) is 4.88. The van der Waals surface area contributed by atoms with Gasteiger partial charge in [0.2, 0.25) is 15.9 Å². The Morgan fingerprint density at radius 3 is 2.14 bits per heavy atom. The molecule has 9 nitrogen and oxygen atoms in total. The van der Waals surface area contributed by atoms with E-state index in [-0.39, 0.29) is 25.3 Å². The number of carbonyl (C=O) groups is 1. The quantitative estimate of drug-likeness (QED) is 0.370. The molecule has 0 spiro atoms. The molecule has 4 N–H and O–H groups in total. The molecule has 1 aliphatic rings. The van der Waals surface area contributed by atoms with Crippen molar-refractivity contribution in [1.82, 2.24) is 9.62 Å². The second-order valence-corrected chi connectivity index (χ2v) is 6.97. The minimum atomic E-state index is -3.55. The summed E-state index contributed by atoms with van der Waals surface area (Å²) >= 11 is 0. The van der Waals surface area contributed by atoms with Crippen LogP contribution in [-0.4, -0.2) is 91.4 Å². The van der Waals surface area contributed by atoms with Crippen LogP contribution in [0.5, 0.6) is 0 Å². The standard InChI is InChI=1S/C11H22N2O7S/c14-7-11(8-15,9-16)12-10(17)1-6-21(18,19)13-2-4-20-5-3-13/h14-16H,1-9H2,(H,12,17). The summed E-state index contributed by atoms with van der Waals surface area (Å²) in [5.41, 5.74) is -1.54. The molecule has 1 saturated heterocycles. The topological polar surface area (TPSA) is 136 Å². The summed E-state index contributed by atoms with van der Waals surface area (Å²) in [6, 6.07) is 0. The van der Waals surface area contributed by atoms with Crippen molar-refractivity contribution in [3.05, 3.63) is 0 Å². The number of nitrogens with zero attached hydrogens (tertiary/aromatic N) is 1. The Hall–Kier alpha value is -0.780. The van der Waals surface area contributed by atoms with Gasteiger partial charge in [0.05, 0.1) is 38.8 Å². The number of ether oxygens (including phenoxy) is 1. The van der Waals surface area contributed by atoms with Gasteiger partial charge in [-0.2, -0.15) is 4.31 Å². The van der Waals surface area contributed by atoms with Gasteiger partial charge in [0, 0.05) is 19.5 Å². The number of morpholine rings is 1. The first-order chi connectivity index (χ1) is 9.89. The molecule has 0 bridgehead atoms. The monoisotopic (exact) mass is 326 g/mol. The number of carbonyl (C=O) groups excluding carboxylic acids is 1. The Balaban J connectivity index is 2.51. The Kier molecular flexibility index (Phi) is 6.97. The maximum Gasteiger partial charge on any atom is 0.221 e. The van der Waals surface area contributed by atoms with Crippen LogP contribution in [0.3, 0.4) is 0 Å². The summed E-state index contributed by atoms with van der Waals surface area (Å²) in [4.78, 5) is 11.7. The van der Waals surface area contributed by atoms with Crippen molar-refractivity contribution in [3.63, 3.8) is 0 Å². The SMILES string of the molecule is O=C(CCS(=O)(=O)N1CCOCC1)NC(CO)(CO)CO. The number of nitrogens with one attached hydrogen (secondary N) is 1. The van der Waals surface area contributed by atoms with E-state index >= 15 is 0 Å². The second kappa shape index (κ2) is 8.01. The molecular weight excluding hydrogens is 304 g/mol. The first kappa shape index (κ1) is 18.3. The van der Waals surface area contributed by atoms with Crippen molar-refractivity contribution in [3.8, 4) is 0 Å². The van der Waals surface area contributed by atoms with Crippen LogP contribution in [0, 0.1) is 0 Å². The van der Waals surface area contributed by atoms with Crippen molar-refractivity contribution in [2.75, 3.05) is 51.9 Å². The molecule has 21 heavy (non-hydrogen) atoms. The molecule has 0 unspecified atom stereocenters. The minimum Gasteiger partial charge on any atom is -0.394 e. The maximum absolute atomic E-state index is 12.0. The van der Waals surface area contributed by atoms with Crippen LogP contribution in [0.25, 0.3) is 0 Å². The number of hydrogen-bond donors (Lipinski definition) is 4. The number of amides is 1. The average Bonchev–Trinajstić information content (AvgIpc) is 2.52. The van der Waals surface area contributed by atoms with Crippen LogP contribution in [0.2, 0.25) is 0 Å². The Morgan fingerprint density at radius 1 is 1.14 bits per heavy atom. The normalized spacial score (nSPS) is 17.7. The van der Waals surface area contributed by atoms with Gasteiger partial charge in [0.1, 0.15) is 5.54 Å². The summed E-state index contributed by atoms with van der Waals surface area (Å²) in [7, 11) is -3.55. The average molecular weight is 326 g/mol. The van der Waals surface area contributed by atoms with Gasteiger partial charge in [-0.15, -0.1) is 0 Å². The molecule has 1 aliphatic heterocycles. The lowest BCUT2D eigenvalue weighted by Gasteiger charge is -2.29.